The number of hydrogen-bond acceptors (Lipinski definition) is 1. The molecular weight excluding hydrogens is 565 g/mol. The molecule has 0 radical (unpaired) electrons. The van der Waals surface area contributed by atoms with Crippen molar-refractivity contribution in [3.8, 4) is 22.5 Å². The van der Waals surface area contributed by atoms with Crippen molar-refractivity contribution in [2.45, 2.75) is 0 Å². The predicted octanol–water partition coefficient (Wildman–Crippen LogP) is 11.9. The van der Waals surface area contributed by atoms with E-state index < -0.39 is 0 Å². The number of para-hydroxylation sites is 2. The number of benzene rings is 7. The van der Waals surface area contributed by atoms with Crippen LogP contribution in [-0.4, -0.2) is 9.13 Å². The molecule has 0 fully saturated rings. The van der Waals surface area contributed by atoms with E-state index in [4.69, 9.17) is 0 Å². The van der Waals surface area contributed by atoms with Crippen molar-refractivity contribution in [3.05, 3.63) is 158 Å². The summed E-state index contributed by atoms with van der Waals surface area (Å²) in [6.45, 7) is 0. The van der Waals surface area contributed by atoms with E-state index in [1.165, 1.54) is 86.3 Å². The fourth-order valence-electron chi connectivity index (χ4n) is 7.45. The SMILES string of the molecule is c1ccc(-c2cccc(-n3c4ccccc4c4c5c6ccccc6n(-c6cccc7sc8ccccc8c67)c5ccc43)c2)cc1. The van der Waals surface area contributed by atoms with Gasteiger partial charge in [-0.05, 0) is 65.7 Å². The molecule has 0 saturated carbocycles. The Kier molecular flexibility index (Phi) is 5.19. The van der Waals surface area contributed by atoms with E-state index >= 15 is 0 Å². The van der Waals surface area contributed by atoms with E-state index in [0.717, 1.165) is 0 Å². The molecule has 2 nitrogen and oxygen atoms in total. The lowest BCUT2D eigenvalue weighted by Gasteiger charge is -2.11. The fraction of sp³-hybridized carbons (Fsp3) is 0. The zero-order chi connectivity index (χ0) is 29.5. The molecule has 0 aliphatic heterocycles. The maximum absolute atomic E-state index is 2.49. The Hall–Kier alpha value is -5.64. The third-order valence-corrected chi connectivity index (χ3v) is 10.4. The minimum absolute atomic E-state index is 1.17. The van der Waals surface area contributed by atoms with Gasteiger partial charge in [-0.3, -0.25) is 0 Å². The predicted molar refractivity (Wildman–Crippen MR) is 193 cm³/mol. The smallest absolute Gasteiger partial charge is 0.0555 e. The number of thiophene rings is 1. The lowest BCUT2D eigenvalue weighted by molar-refractivity contribution is 1.18. The number of nitrogens with zero attached hydrogens (tertiary/aromatic N) is 2. The highest BCUT2D eigenvalue weighted by atomic mass is 32.1. The molecular formula is C42H26N2S. The van der Waals surface area contributed by atoms with Crippen molar-refractivity contribution in [1.29, 1.82) is 0 Å². The number of aromatic nitrogens is 2. The van der Waals surface area contributed by atoms with Gasteiger partial charge in [0.15, 0.2) is 0 Å². The Morgan fingerprint density at radius 2 is 0.933 bits per heavy atom. The molecule has 3 heteroatoms. The lowest BCUT2D eigenvalue weighted by atomic mass is 10.0. The van der Waals surface area contributed by atoms with Crippen LogP contribution in [0.25, 0.3) is 86.3 Å². The van der Waals surface area contributed by atoms with Crippen molar-refractivity contribution < 1.29 is 0 Å². The molecule has 210 valence electrons. The molecule has 3 aromatic heterocycles. The van der Waals surface area contributed by atoms with E-state index in [-0.39, 0.29) is 0 Å². The van der Waals surface area contributed by atoms with Gasteiger partial charge in [-0.2, -0.15) is 0 Å². The number of rotatable bonds is 3. The monoisotopic (exact) mass is 590 g/mol. The summed E-state index contributed by atoms with van der Waals surface area (Å²) in [5.41, 5.74) is 9.73. The summed E-state index contributed by atoms with van der Waals surface area (Å²) in [6, 6.07) is 57.6. The van der Waals surface area contributed by atoms with E-state index in [9.17, 15) is 0 Å². The number of fused-ring (bicyclic) bond motifs is 10. The zero-order valence-electron chi connectivity index (χ0n) is 24.3. The molecule has 0 atom stereocenters. The van der Waals surface area contributed by atoms with Crippen molar-refractivity contribution in [1.82, 2.24) is 9.13 Å². The molecule has 7 aromatic carbocycles. The largest absolute Gasteiger partial charge is 0.309 e. The van der Waals surface area contributed by atoms with E-state index in [1.807, 2.05) is 11.3 Å². The molecule has 0 amide bonds. The quantitative estimate of drug-likeness (QED) is 0.194. The van der Waals surface area contributed by atoms with Gasteiger partial charge in [0.2, 0.25) is 0 Å². The molecule has 0 bridgehead atoms. The first-order chi connectivity index (χ1) is 22.3. The minimum atomic E-state index is 1.17. The summed E-state index contributed by atoms with van der Waals surface area (Å²) in [5, 5.41) is 7.77. The third kappa shape index (κ3) is 3.50. The van der Waals surface area contributed by atoms with Gasteiger partial charge in [0.25, 0.3) is 0 Å². The first-order valence-corrected chi connectivity index (χ1v) is 16.2. The van der Waals surface area contributed by atoms with Crippen LogP contribution < -0.4 is 0 Å². The second-order valence-electron chi connectivity index (χ2n) is 11.7. The lowest BCUT2D eigenvalue weighted by Crippen LogP contribution is -1.95. The molecule has 0 unspecified atom stereocenters. The second kappa shape index (κ2) is 9.43. The first-order valence-electron chi connectivity index (χ1n) is 15.4. The summed E-state index contributed by atoms with van der Waals surface area (Å²) >= 11 is 1.87. The summed E-state index contributed by atoms with van der Waals surface area (Å²) in [7, 11) is 0. The van der Waals surface area contributed by atoms with Crippen LogP contribution >= 0.6 is 11.3 Å². The first kappa shape index (κ1) is 24.8. The minimum Gasteiger partial charge on any atom is -0.309 e. The Bertz CT molecular complexity index is 2760. The highest BCUT2D eigenvalue weighted by molar-refractivity contribution is 7.25. The van der Waals surface area contributed by atoms with Gasteiger partial charge < -0.3 is 9.13 Å². The van der Waals surface area contributed by atoms with Gasteiger partial charge in [0.1, 0.15) is 0 Å². The molecule has 10 aromatic rings. The van der Waals surface area contributed by atoms with E-state index in [1.54, 1.807) is 0 Å². The maximum Gasteiger partial charge on any atom is 0.0555 e. The van der Waals surface area contributed by atoms with Crippen molar-refractivity contribution in [3.63, 3.8) is 0 Å². The molecule has 45 heavy (non-hydrogen) atoms. The van der Waals surface area contributed by atoms with Gasteiger partial charge in [0.05, 0.1) is 27.8 Å². The Balaban J connectivity index is 1.34. The van der Waals surface area contributed by atoms with E-state index in [0.29, 0.717) is 0 Å². The molecule has 10 rings (SSSR count). The summed E-state index contributed by atoms with van der Waals surface area (Å²) in [5.74, 6) is 0. The zero-order valence-corrected chi connectivity index (χ0v) is 25.1. The second-order valence-corrected chi connectivity index (χ2v) is 12.8. The maximum atomic E-state index is 2.49. The van der Waals surface area contributed by atoms with Crippen LogP contribution in [0.1, 0.15) is 0 Å². The number of hydrogen-bond donors (Lipinski definition) is 0. The van der Waals surface area contributed by atoms with Gasteiger partial charge in [0, 0.05) is 47.4 Å². The normalized spacial score (nSPS) is 12.0. The Labute approximate surface area is 263 Å². The summed E-state index contributed by atoms with van der Waals surface area (Å²) in [6.07, 6.45) is 0. The fourth-order valence-corrected chi connectivity index (χ4v) is 8.58. The van der Waals surface area contributed by atoms with E-state index in [2.05, 4.69) is 167 Å². The van der Waals surface area contributed by atoms with Crippen LogP contribution in [0.3, 0.4) is 0 Å². The highest BCUT2D eigenvalue weighted by Crippen LogP contribution is 2.45. The Morgan fingerprint density at radius 3 is 1.71 bits per heavy atom. The van der Waals surface area contributed by atoms with Crippen LogP contribution in [-0.2, 0) is 0 Å². The molecule has 0 spiro atoms. The third-order valence-electron chi connectivity index (χ3n) is 9.30. The molecule has 3 heterocycles. The molecule has 0 aliphatic rings. The van der Waals surface area contributed by atoms with Crippen LogP contribution in [0.15, 0.2) is 158 Å². The summed E-state index contributed by atoms with van der Waals surface area (Å²) < 4.78 is 7.57. The van der Waals surface area contributed by atoms with Crippen LogP contribution in [0.2, 0.25) is 0 Å². The standard InChI is InChI=1S/C42H26N2S/c1-2-12-27(13-3-1)28-14-10-15-29(26-28)43-33-19-7-4-16-30(33)41-36(43)24-25-37-42(41)31-17-5-8-20-34(31)44(37)35-21-11-23-39-40(35)32-18-6-9-22-38(32)45-39/h1-26H. The van der Waals surface area contributed by atoms with Crippen LogP contribution in [0, 0.1) is 0 Å². The van der Waals surface area contributed by atoms with Crippen LogP contribution in [0.5, 0.6) is 0 Å². The van der Waals surface area contributed by atoms with Crippen LogP contribution in [0.4, 0.5) is 0 Å². The van der Waals surface area contributed by atoms with Crippen molar-refractivity contribution in [2.24, 2.45) is 0 Å². The van der Waals surface area contributed by atoms with Gasteiger partial charge >= 0.3 is 0 Å². The highest BCUT2D eigenvalue weighted by Gasteiger charge is 2.22. The topological polar surface area (TPSA) is 9.86 Å². The average molecular weight is 591 g/mol. The van der Waals surface area contributed by atoms with Gasteiger partial charge in [-0.15, -0.1) is 11.3 Å². The molecule has 0 saturated heterocycles. The van der Waals surface area contributed by atoms with Gasteiger partial charge in [-0.25, -0.2) is 0 Å². The molecule has 0 N–H and O–H groups in total. The van der Waals surface area contributed by atoms with Gasteiger partial charge in [-0.1, -0.05) is 103 Å². The van der Waals surface area contributed by atoms with Crippen molar-refractivity contribution in [2.75, 3.05) is 0 Å². The summed E-state index contributed by atoms with van der Waals surface area (Å²) in [4.78, 5) is 0. The Morgan fingerprint density at radius 1 is 0.356 bits per heavy atom. The van der Waals surface area contributed by atoms with Crippen molar-refractivity contribution >= 4 is 75.1 Å². The molecule has 0 aliphatic carbocycles. The average Bonchev–Trinajstić information content (AvgIpc) is 3.76.